The van der Waals surface area contributed by atoms with Crippen molar-refractivity contribution >= 4 is 49.2 Å². The summed E-state index contributed by atoms with van der Waals surface area (Å²) in [5, 5.41) is 26.6. The lowest BCUT2D eigenvalue weighted by atomic mass is 9.80. The highest BCUT2D eigenvalue weighted by Crippen LogP contribution is 2.36. The van der Waals surface area contributed by atoms with Gasteiger partial charge in [0.05, 0.1) is 12.2 Å². The normalized spacial score (nSPS) is 20.1. The molecule has 3 rings (SSSR count). The van der Waals surface area contributed by atoms with Crippen molar-refractivity contribution in [2.24, 2.45) is 5.92 Å². The maximum atomic E-state index is 13.7. The zero-order valence-corrected chi connectivity index (χ0v) is 24.8. The second kappa shape index (κ2) is 14.9. The van der Waals surface area contributed by atoms with Gasteiger partial charge in [0.2, 0.25) is 6.41 Å². The molecule has 0 radical (unpaired) electrons. The molecule has 9 nitrogen and oxygen atoms in total. The molecule has 1 aromatic carbocycles. The molecule has 0 saturated carbocycles. The Bertz CT molecular complexity index is 1180. The second-order valence-corrected chi connectivity index (χ2v) is 11.8. The van der Waals surface area contributed by atoms with E-state index in [0.29, 0.717) is 24.8 Å². The third-order valence-electron chi connectivity index (χ3n) is 6.46. The van der Waals surface area contributed by atoms with Gasteiger partial charge in [0.1, 0.15) is 17.3 Å². The number of allylic oxidation sites excluding steroid dienone is 4. The number of aliphatic hydroxyl groups excluding tert-OH is 2. The first-order valence-electron chi connectivity index (χ1n) is 12.6. The minimum Gasteiger partial charge on any atom is -0.465 e. The largest absolute Gasteiger partial charge is 0.465 e. The van der Waals surface area contributed by atoms with Crippen molar-refractivity contribution in [1.82, 2.24) is 15.5 Å². The van der Waals surface area contributed by atoms with Gasteiger partial charge < -0.3 is 35.2 Å². The summed E-state index contributed by atoms with van der Waals surface area (Å²) in [6.07, 6.45) is 5.40. The quantitative estimate of drug-likeness (QED) is 0.101. The Balaban J connectivity index is 1.83. The van der Waals surface area contributed by atoms with Crippen molar-refractivity contribution in [1.29, 1.82) is 0 Å². The highest BCUT2D eigenvalue weighted by Gasteiger charge is 2.36. The van der Waals surface area contributed by atoms with Crippen LogP contribution in [0.15, 0.2) is 58.4 Å². The van der Waals surface area contributed by atoms with Crippen LogP contribution >= 0.6 is 32.3 Å². The van der Waals surface area contributed by atoms with E-state index in [2.05, 4.69) is 15.1 Å². The van der Waals surface area contributed by atoms with E-state index in [0.717, 1.165) is 17.0 Å². The predicted molar refractivity (Wildman–Crippen MR) is 156 cm³/mol. The molecule has 40 heavy (non-hydrogen) atoms. The van der Waals surface area contributed by atoms with Crippen LogP contribution in [-0.4, -0.2) is 68.6 Å². The fraction of sp³-hybridized carbons (Fsp3) is 0.444. The van der Waals surface area contributed by atoms with E-state index in [9.17, 15) is 23.5 Å². The Kier molecular flexibility index (Phi) is 11.9. The predicted octanol–water partition coefficient (Wildman–Crippen LogP) is 3.73. The molecular formula is C27H33ClF2IN3O6. The molecule has 4 N–H and O–H groups in total. The van der Waals surface area contributed by atoms with Crippen LogP contribution in [0.1, 0.15) is 32.1 Å². The zero-order valence-electron chi connectivity index (χ0n) is 21.9. The van der Waals surface area contributed by atoms with Crippen molar-refractivity contribution < 1.29 is 38.1 Å². The number of hydrogen-bond acceptors (Lipinski definition) is 7. The van der Waals surface area contributed by atoms with Crippen LogP contribution < -0.4 is 20.1 Å². The number of amides is 2. The molecule has 1 aliphatic carbocycles. The van der Waals surface area contributed by atoms with E-state index in [4.69, 9.17) is 26.2 Å². The molecule has 1 heterocycles. The number of aliphatic hydroxyl groups is 2. The maximum Gasteiger partial charge on any atom is 0.445 e. The third kappa shape index (κ3) is 9.25. The van der Waals surface area contributed by atoms with Gasteiger partial charge in [-0.2, -0.15) is 8.78 Å². The molecule has 220 valence electrons. The molecule has 0 spiro atoms. The summed E-state index contributed by atoms with van der Waals surface area (Å²) in [4.78, 5) is 25.8. The number of rotatable bonds is 14. The number of ether oxygens (including phenoxy) is 2. The number of alkyl halides is 3. The van der Waals surface area contributed by atoms with Crippen molar-refractivity contribution in [2.75, 3.05) is 20.2 Å². The van der Waals surface area contributed by atoms with Crippen LogP contribution in [0.4, 0.5) is 8.78 Å². The van der Waals surface area contributed by atoms with E-state index in [-0.39, 0.29) is 49.2 Å². The fourth-order valence-electron chi connectivity index (χ4n) is 4.55. The first-order chi connectivity index (χ1) is 19.0. The minimum absolute atomic E-state index is 0.0563. The van der Waals surface area contributed by atoms with Crippen LogP contribution in [0.25, 0.3) is 0 Å². The van der Waals surface area contributed by atoms with E-state index in [1.807, 2.05) is 12.2 Å². The van der Waals surface area contributed by atoms with Gasteiger partial charge in [-0.1, -0.05) is 33.8 Å². The molecule has 1 aliphatic heterocycles. The number of benzene rings is 1. The SMILES string of the molecule is C=IC(F)(F)Oc1cccc(OC(O)C[C@@H]2NC(N(C)C=O)=C(C(=O)NCCO)CC2CC2=CC=C(Cl)CC2)c1. The number of nitrogens with one attached hydrogen (secondary N) is 2. The van der Waals surface area contributed by atoms with E-state index >= 15 is 0 Å². The van der Waals surface area contributed by atoms with Crippen molar-refractivity contribution in [3.05, 3.63) is 58.4 Å². The maximum absolute atomic E-state index is 13.7. The Morgan fingerprint density at radius 1 is 1.38 bits per heavy atom. The summed E-state index contributed by atoms with van der Waals surface area (Å²) < 4.78 is 37.6. The molecule has 2 amide bonds. The summed E-state index contributed by atoms with van der Waals surface area (Å²) in [5.41, 5.74) is 1.47. The summed E-state index contributed by atoms with van der Waals surface area (Å²) in [7, 11) is 1.50. The Morgan fingerprint density at radius 3 is 2.77 bits per heavy atom. The molecule has 13 heteroatoms. The van der Waals surface area contributed by atoms with Crippen LogP contribution in [0.5, 0.6) is 11.5 Å². The highest BCUT2D eigenvalue weighted by atomic mass is 127. The molecule has 0 bridgehead atoms. The Morgan fingerprint density at radius 2 is 2.12 bits per heavy atom. The number of carbonyl (C=O) groups excluding carboxylic acids is 2. The van der Waals surface area contributed by atoms with Crippen molar-refractivity contribution in [3.63, 3.8) is 0 Å². The monoisotopic (exact) mass is 695 g/mol. The van der Waals surface area contributed by atoms with Crippen LogP contribution in [-0.2, 0) is 9.59 Å². The van der Waals surface area contributed by atoms with Crippen molar-refractivity contribution in [2.45, 2.75) is 48.6 Å². The zero-order chi connectivity index (χ0) is 29.3. The number of nitrogens with zero attached hydrogens (tertiary/aromatic N) is 1. The van der Waals surface area contributed by atoms with E-state index in [1.54, 1.807) is 0 Å². The molecule has 0 aromatic heterocycles. The van der Waals surface area contributed by atoms with E-state index in [1.165, 1.54) is 36.2 Å². The molecule has 1 aromatic rings. The number of carbonyl (C=O) groups is 2. The second-order valence-electron chi connectivity index (χ2n) is 9.35. The van der Waals surface area contributed by atoms with Crippen LogP contribution in [0, 0.1) is 5.92 Å². The van der Waals surface area contributed by atoms with Crippen LogP contribution in [0.3, 0.4) is 0 Å². The van der Waals surface area contributed by atoms with Gasteiger partial charge in [-0.25, -0.2) is 0 Å². The first kappa shape index (κ1) is 32.0. The summed E-state index contributed by atoms with van der Waals surface area (Å²) >= 11 is 4.38. The minimum atomic E-state index is -3.34. The van der Waals surface area contributed by atoms with Gasteiger partial charge in [0, 0.05) is 57.9 Å². The van der Waals surface area contributed by atoms with E-state index < -0.39 is 43.1 Å². The highest BCUT2D eigenvalue weighted by molar-refractivity contribution is 14.2. The lowest BCUT2D eigenvalue weighted by molar-refractivity contribution is -0.118. The molecule has 2 aliphatic rings. The Hall–Kier alpha value is -2.55. The van der Waals surface area contributed by atoms with Crippen molar-refractivity contribution in [3.8, 4) is 11.5 Å². The third-order valence-corrected chi connectivity index (χ3v) is 7.88. The topological polar surface area (TPSA) is 120 Å². The molecule has 0 fully saturated rings. The summed E-state index contributed by atoms with van der Waals surface area (Å²) in [6.45, 7) is -0.178. The first-order valence-corrected chi connectivity index (χ1v) is 15.6. The van der Waals surface area contributed by atoms with Gasteiger partial charge in [0.15, 0.2) is 6.29 Å². The average Bonchev–Trinajstić information content (AvgIpc) is 2.93. The fourth-order valence-corrected chi connectivity index (χ4v) is 5.11. The number of hydrogen-bond donors (Lipinski definition) is 4. The van der Waals surface area contributed by atoms with Gasteiger partial charge >= 0.3 is 4.12 Å². The lowest BCUT2D eigenvalue weighted by Crippen LogP contribution is -2.49. The number of halogens is 4. The summed E-state index contributed by atoms with van der Waals surface area (Å²) in [5.74, 6) is -0.283. The molecule has 0 saturated heterocycles. The summed E-state index contributed by atoms with van der Waals surface area (Å²) in [6, 6.07) is 5.18. The van der Waals surface area contributed by atoms with Gasteiger partial charge in [-0.15, -0.1) is 0 Å². The smallest absolute Gasteiger partial charge is 0.445 e. The average molecular weight is 696 g/mol. The molecular weight excluding hydrogens is 663 g/mol. The molecule has 2 unspecified atom stereocenters. The van der Waals surface area contributed by atoms with Gasteiger partial charge in [0.25, 0.3) is 5.91 Å². The standard InChI is InChI=1S/C27H33ClF2IN3O6/c1-31-27(29,30)40-21-5-3-4-20(14-21)39-24(37)15-23-18(12-17-6-8-19(28)9-7-17)13-22(26(38)32-10-11-35)25(33-23)34(2)16-36/h3-6,8,14,16,18,23-24,33,35,37H,1,7,9-13,15H2,2H3,(H,32,38)/t18?,23-,24?/m0/s1. The van der Waals surface area contributed by atoms with Gasteiger partial charge in [-0.05, 0) is 49.8 Å². The van der Waals surface area contributed by atoms with Crippen LogP contribution in [0.2, 0.25) is 0 Å². The molecule has 3 atom stereocenters. The Labute approximate surface area is 246 Å². The lowest BCUT2D eigenvalue weighted by Gasteiger charge is -2.39. The van der Waals surface area contributed by atoms with Gasteiger partial charge in [-0.3, -0.25) is 9.59 Å².